The second-order valence-corrected chi connectivity index (χ2v) is 5.82. The van der Waals surface area contributed by atoms with E-state index in [0.29, 0.717) is 11.9 Å². The lowest BCUT2D eigenvalue weighted by Crippen LogP contribution is -1.99. The van der Waals surface area contributed by atoms with E-state index in [2.05, 4.69) is 24.3 Å². The van der Waals surface area contributed by atoms with Gasteiger partial charge in [-0.1, -0.05) is 42.5 Å². The number of carboxylic acid groups (broad SMARTS) is 1. The van der Waals surface area contributed by atoms with E-state index >= 15 is 0 Å². The van der Waals surface area contributed by atoms with Crippen molar-refractivity contribution in [1.82, 2.24) is 4.57 Å². The molecule has 4 nitrogen and oxygen atoms in total. The van der Waals surface area contributed by atoms with Crippen LogP contribution in [0, 0.1) is 0 Å². The third-order valence-electron chi connectivity index (χ3n) is 4.32. The average molecular weight is 354 g/mol. The molecule has 5 heteroatoms. The van der Waals surface area contributed by atoms with Crippen LogP contribution in [-0.2, 0) is 6.54 Å². The smallest absolute Gasteiger partial charge is 0.337 e. The summed E-state index contributed by atoms with van der Waals surface area (Å²) in [7, 11) is 0. The normalized spacial score (nSPS) is 10.7. The zero-order valence-corrected chi connectivity index (χ0v) is 14.0. The molecule has 1 heterocycles. The predicted molar refractivity (Wildman–Crippen MR) is 101 cm³/mol. The van der Waals surface area contributed by atoms with Gasteiger partial charge in [0.1, 0.15) is 5.75 Å². The minimum absolute atomic E-state index is 0. The zero-order chi connectivity index (χ0) is 16.7. The van der Waals surface area contributed by atoms with Gasteiger partial charge in [0.15, 0.2) is 0 Å². The van der Waals surface area contributed by atoms with Crippen LogP contribution in [0.5, 0.6) is 5.75 Å². The molecule has 0 aliphatic rings. The average Bonchev–Trinajstić information content (AvgIpc) is 2.93. The summed E-state index contributed by atoms with van der Waals surface area (Å²) in [5, 5.41) is 22.0. The quantitative estimate of drug-likeness (QED) is 0.562. The van der Waals surface area contributed by atoms with Crippen LogP contribution in [0.25, 0.3) is 21.7 Å². The number of hydrogen-bond acceptors (Lipinski definition) is 2. The highest BCUT2D eigenvalue weighted by atomic mass is 35.5. The zero-order valence-electron chi connectivity index (χ0n) is 13.2. The van der Waals surface area contributed by atoms with Crippen molar-refractivity contribution >= 4 is 40.1 Å². The number of aromatic hydroxyl groups is 1. The Morgan fingerprint density at radius 1 is 0.960 bits per heavy atom. The standard InChI is InChI=1S/C20H15NO3.ClH/c22-15-8-9-19-17(10-15)18(20(23)24)12-21(19)11-14-6-3-5-13-4-1-2-7-16(13)14;/h1-10,12,22H,11H2,(H,23,24);1H. The summed E-state index contributed by atoms with van der Waals surface area (Å²) in [6.45, 7) is 0.565. The fourth-order valence-electron chi connectivity index (χ4n) is 3.20. The molecule has 0 aliphatic carbocycles. The van der Waals surface area contributed by atoms with Gasteiger partial charge in [-0.05, 0) is 34.5 Å². The summed E-state index contributed by atoms with van der Waals surface area (Å²) in [4.78, 5) is 11.5. The first-order valence-corrected chi connectivity index (χ1v) is 7.65. The number of halogens is 1. The number of carbonyl (C=O) groups is 1. The van der Waals surface area contributed by atoms with E-state index in [1.54, 1.807) is 18.3 Å². The molecule has 0 amide bonds. The number of phenolic OH excluding ortho intramolecular Hbond substituents is 1. The Kier molecular flexibility index (Phi) is 4.38. The van der Waals surface area contributed by atoms with Gasteiger partial charge in [0.25, 0.3) is 0 Å². The molecule has 1 aromatic heterocycles. The summed E-state index contributed by atoms with van der Waals surface area (Å²) in [5.41, 5.74) is 2.11. The third kappa shape index (κ3) is 2.92. The lowest BCUT2D eigenvalue weighted by atomic mass is 10.0. The highest BCUT2D eigenvalue weighted by Crippen LogP contribution is 2.27. The van der Waals surface area contributed by atoms with Gasteiger partial charge in [-0.3, -0.25) is 0 Å². The molecule has 4 aromatic rings. The molecule has 0 aliphatic heterocycles. The van der Waals surface area contributed by atoms with Crippen molar-refractivity contribution < 1.29 is 15.0 Å². The van der Waals surface area contributed by atoms with Crippen LogP contribution < -0.4 is 0 Å². The van der Waals surface area contributed by atoms with Crippen LogP contribution >= 0.6 is 12.4 Å². The number of rotatable bonds is 3. The molecular weight excluding hydrogens is 338 g/mol. The van der Waals surface area contributed by atoms with Crippen LogP contribution in [0.4, 0.5) is 0 Å². The van der Waals surface area contributed by atoms with Crippen LogP contribution in [0.1, 0.15) is 15.9 Å². The van der Waals surface area contributed by atoms with Crippen LogP contribution in [0.3, 0.4) is 0 Å². The molecule has 0 saturated carbocycles. The van der Waals surface area contributed by atoms with Crippen molar-refractivity contribution in [2.75, 3.05) is 0 Å². The Balaban J connectivity index is 0.00000182. The summed E-state index contributed by atoms with van der Waals surface area (Å²) < 4.78 is 1.92. The Hall–Kier alpha value is -2.98. The van der Waals surface area contributed by atoms with Crippen LogP contribution in [0.15, 0.2) is 66.9 Å². The SMILES string of the molecule is Cl.O=C(O)c1cn(Cc2cccc3ccccc23)c2ccc(O)cc12. The van der Waals surface area contributed by atoms with E-state index in [1.807, 2.05) is 22.8 Å². The van der Waals surface area contributed by atoms with Gasteiger partial charge in [0.05, 0.1) is 5.56 Å². The van der Waals surface area contributed by atoms with Gasteiger partial charge in [0.2, 0.25) is 0 Å². The molecule has 0 unspecified atom stereocenters. The Morgan fingerprint density at radius 2 is 1.72 bits per heavy atom. The Morgan fingerprint density at radius 3 is 2.52 bits per heavy atom. The molecule has 2 N–H and O–H groups in total. The topological polar surface area (TPSA) is 62.5 Å². The van der Waals surface area contributed by atoms with E-state index in [1.165, 1.54) is 6.07 Å². The first-order chi connectivity index (χ1) is 11.6. The molecule has 0 saturated heterocycles. The van der Waals surface area contributed by atoms with Crippen LogP contribution in [0.2, 0.25) is 0 Å². The number of fused-ring (bicyclic) bond motifs is 2. The van der Waals surface area contributed by atoms with Crippen molar-refractivity contribution in [1.29, 1.82) is 0 Å². The maximum absolute atomic E-state index is 11.5. The van der Waals surface area contributed by atoms with Crippen molar-refractivity contribution in [3.63, 3.8) is 0 Å². The molecule has 3 aromatic carbocycles. The number of aromatic carboxylic acids is 1. The number of nitrogens with zero attached hydrogens (tertiary/aromatic N) is 1. The van der Waals surface area contributed by atoms with E-state index in [0.717, 1.165) is 21.9 Å². The maximum Gasteiger partial charge on any atom is 0.337 e. The van der Waals surface area contributed by atoms with Crippen molar-refractivity contribution in [2.24, 2.45) is 0 Å². The number of aromatic nitrogens is 1. The summed E-state index contributed by atoms with van der Waals surface area (Å²) in [5.74, 6) is -0.935. The molecule has 0 atom stereocenters. The first-order valence-electron chi connectivity index (χ1n) is 7.65. The number of hydrogen-bond donors (Lipinski definition) is 2. The van der Waals surface area contributed by atoms with Crippen molar-refractivity contribution in [3.05, 3.63) is 78.0 Å². The summed E-state index contributed by atoms with van der Waals surface area (Å²) in [6, 6.07) is 19.1. The minimum atomic E-state index is -0.998. The highest BCUT2D eigenvalue weighted by molar-refractivity contribution is 6.04. The minimum Gasteiger partial charge on any atom is -0.508 e. The number of carboxylic acids is 1. The molecule has 0 fully saturated rings. The Labute approximate surface area is 150 Å². The van der Waals surface area contributed by atoms with Crippen molar-refractivity contribution in [3.8, 4) is 5.75 Å². The monoisotopic (exact) mass is 353 g/mol. The second-order valence-electron chi connectivity index (χ2n) is 5.82. The van der Waals surface area contributed by atoms with Gasteiger partial charge < -0.3 is 14.8 Å². The third-order valence-corrected chi connectivity index (χ3v) is 4.32. The van der Waals surface area contributed by atoms with Gasteiger partial charge in [0, 0.05) is 23.6 Å². The molecule has 0 radical (unpaired) electrons. The number of benzene rings is 3. The fraction of sp³-hybridized carbons (Fsp3) is 0.0500. The first kappa shape index (κ1) is 16.9. The summed E-state index contributed by atoms with van der Waals surface area (Å²) >= 11 is 0. The molecular formula is C20H16ClNO3. The fourth-order valence-corrected chi connectivity index (χ4v) is 3.20. The van der Waals surface area contributed by atoms with Gasteiger partial charge >= 0.3 is 5.97 Å². The molecule has 0 spiro atoms. The Bertz CT molecular complexity index is 1080. The molecule has 4 rings (SSSR count). The second kappa shape index (κ2) is 6.49. The van der Waals surface area contributed by atoms with Gasteiger partial charge in [-0.15, -0.1) is 12.4 Å². The molecule has 0 bridgehead atoms. The highest BCUT2D eigenvalue weighted by Gasteiger charge is 2.15. The van der Waals surface area contributed by atoms with E-state index in [9.17, 15) is 15.0 Å². The lowest BCUT2D eigenvalue weighted by molar-refractivity contribution is 0.0699. The summed E-state index contributed by atoms with van der Waals surface area (Å²) in [6.07, 6.45) is 1.63. The largest absolute Gasteiger partial charge is 0.508 e. The van der Waals surface area contributed by atoms with Gasteiger partial charge in [-0.25, -0.2) is 4.79 Å². The lowest BCUT2D eigenvalue weighted by Gasteiger charge is -2.09. The van der Waals surface area contributed by atoms with E-state index in [-0.39, 0.29) is 23.7 Å². The van der Waals surface area contributed by atoms with Crippen LogP contribution in [-0.4, -0.2) is 20.7 Å². The molecule has 126 valence electrons. The molecule has 25 heavy (non-hydrogen) atoms. The maximum atomic E-state index is 11.5. The predicted octanol–water partition coefficient (Wildman–Crippen LogP) is 4.67. The van der Waals surface area contributed by atoms with Gasteiger partial charge in [-0.2, -0.15) is 0 Å². The van der Waals surface area contributed by atoms with E-state index in [4.69, 9.17) is 0 Å². The van der Waals surface area contributed by atoms with E-state index < -0.39 is 5.97 Å². The number of phenols is 1. The van der Waals surface area contributed by atoms with Crippen molar-refractivity contribution in [2.45, 2.75) is 6.54 Å².